The summed E-state index contributed by atoms with van der Waals surface area (Å²) in [6.45, 7) is 4.30. The number of nitrogens with zero attached hydrogens (tertiary/aromatic N) is 1. The van der Waals surface area contributed by atoms with E-state index in [9.17, 15) is 9.46 Å². The second-order valence-electron chi connectivity index (χ2n) is 10.5. The average molecular weight is 494 g/mol. The molecule has 1 unspecified atom stereocenters. The molecule has 0 aromatic heterocycles. The Balaban J connectivity index is 3.53. The van der Waals surface area contributed by atoms with E-state index >= 15 is 0 Å². The van der Waals surface area contributed by atoms with Crippen molar-refractivity contribution < 1.29 is 27.9 Å². The fourth-order valence-electron chi connectivity index (χ4n) is 3.70. The van der Waals surface area contributed by atoms with Gasteiger partial charge in [-0.15, -0.1) is 0 Å². The molecule has 0 aromatic rings. The van der Waals surface area contributed by atoms with Crippen LogP contribution in [0.25, 0.3) is 0 Å². The van der Waals surface area contributed by atoms with Gasteiger partial charge in [-0.1, -0.05) is 90.4 Å². The average Bonchev–Trinajstić information content (AvgIpc) is 2.74. The van der Waals surface area contributed by atoms with E-state index < -0.39 is 7.60 Å². The first-order valence-electron chi connectivity index (χ1n) is 13.6. The predicted molar refractivity (Wildman–Crippen MR) is 138 cm³/mol. The molecule has 0 spiro atoms. The highest BCUT2D eigenvalue weighted by atomic mass is 31.2. The van der Waals surface area contributed by atoms with Crippen molar-refractivity contribution in [3.63, 3.8) is 0 Å². The largest absolute Gasteiger partial charge is 0.778 e. The van der Waals surface area contributed by atoms with E-state index in [0.717, 1.165) is 6.42 Å². The highest BCUT2D eigenvalue weighted by Gasteiger charge is 2.16. The molecule has 6 nitrogen and oxygen atoms in total. The molecule has 0 saturated carbocycles. The van der Waals surface area contributed by atoms with Crippen molar-refractivity contribution in [1.82, 2.24) is 0 Å². The number of hydrogen-bond donors (Lipinski definition) is 0. The summed E-state index contributed by atoms with van der Waals surface area (Å²) in [5, 5.41) is 0. The second kappa shape index (κ2) is 21.3. The molecule has 0 N–H and O–H groups in total. The van der Waals surface area contributed by atoms with Crippen LogP contribution in [0, 0.1) is 0 Å². The lowest BCUT2D eigenvalue weighted by Crippen LogP contribution is -2.37. The fraction of sp³-hybridized carbons (Fsp3) is 1.00. The summed E-state index contributed by atoms with van der Waals surface area (Å²) in [5.74, 6) is 0. The minimum atomic E-state index is -3.82. The maximum atomic E-state index is 12.1. The summed E-state index contributed by atoms with van der Waals surface area (Å²) in [4.78, 5) is 12.1. The van der Waals surface area contributed by atoms with Gasteiger partial charge in [0, 0.05) is 19.9 Å². The van der Waals surface area contributed by atoms with E-state index in [4.69, 9.17) is 14.0 Å². The van der Waals surface area contributed by atoms with Crippen LogP contribution in [0.15, 0.2) is 0 Å². The third-order valence-electron chi connectivity index (χ3n) is 6.05. The first-order valence-corrected chi connectivity index (χ1v) is 15.3. The predicted octanol–water partition coefficient (Wildman–Crippen LogP) is 6.17. The molecule has 0 aliphatic rings. The summed E-state index contributed by atoms with van der Waals surface area (Å²) >= 11 is 0. The molecular weight excluding hydrogens is 437 g/mol. The van der Waals surface area contributed by atoms with Gasteiger partial charge in [-0.3, -0.25) is 0 Å². The Labute approximate surface area is 205 Å². The molecule has 0 amide bonds. The number of quaternary nitrogens is 1. The summed E-state index contributed by atoms with van der Waals surface area (Å²) in [5.41, 5.74) is 0. The van der Waals surface area contributed by atoms with Crippen molar-refractivity contribution in [3.05, 3.63) is 0 Å². The molecule has 0 aromatic carbocycles. The van der Waals surface area contributed by atoms with E-state index in [-0.39, 0.29) is 18.9 Å². The van der Waals surface area contributed by atoms with Gasteiger partial charge in [-0.25, -0.2) is 0 Å². The zero-order valence-electron chi connectivity index (χ0n) is 22.7. The third-order valence-corrected chi connectivity index (χ3v) is 7.44. The lowest BCUT2D eigenvalue weighted by Gasteiger charge is -2.28. The molecule has 200 valence electrons. The van der Waals surface area contributed by atoms with Crippen LogP contribution in [0.3, 0.4) is 0 Å². The maximum Gasteiger partial charge on any atom is 0.135 e. The Morgan fingerprint density at radius 3 is 1.73 bits per heavy atom. The molecule has 0 bridgehead atoms. The lowest BCUT2D eigenvalue weighted by molar-refractivity contribution is -0.870. The molecule has 0 rings (SSSR count). The van der Waals surface area contributed by atoms with Crippen molar-refractivity contribution in [1.29, 1.82) is 0 Å². The topological polar surface area (TPSA) is 67.8 Å². The van der Waals surface area contributed by atoms with Crippen molar-refractivity contribution in [2.24, 2.45) is 0 Å². The summed E-state index contributed by atoms with van der Waals surface area (Å²) in [6.07, 6.45) is 19.0. The van der Waals surface area contributed by atoms with Gasteiger partial charge in [-0.2, -0.15) is 0 Å². The van der Waals surface area contributed by atoms with Crippen molar-refractivity contribution in [2.45, 2.75) is 109 Å². The first kappa shape index (κ1) is 33.0. The van der Waals surface area contributed by atoms with E-state index in [0.29, 0.717) is 30.7 Å². The standard InChI is InChI=1S/C26H56NO5P/c1-6-7-8-9-10-11-12-13-14-15-16-17-18-19-22-31-25-26(30-5)20-24-33(28,29)32-23-21-27(2,3)4/h26H,6-25H2,1-5H3/t26-/m0/s1. The van der Waals surface area contributed by atoms with Gasteiger partial charge >= 0.3 is 0 Å². The molecule has 0 fully saturated rings. The first-order chi connectivity index (χ1) is 15.7. The Morgan fingerprint density at radius 2 is 1.27 bits per heavy atom. The molecule has 7 heteroatoms. The van der Waals surface area contributed by atoms with Crippen LogP contribution in [0.1, 0.15) is 103 Å². The van der Waals surface area contributed by atoms with Gasteiger partial charge in [0.1, 0.15) is 20.7 Å². The molecule has 0 aliphatic carbocycles. The number of methoxy groups -OCH3 is 1. The quantitative estimate of drug-likeness (QED) is 0.0865. The lowest BCUT2D eigenvalue weighted by atomic mass is 10.0. The molecule has 2 atom stereocenters. The van der Waals surface area contributed by atoms with Gasteiger partial charge in [0.15, 0.2) is 0 Å². The van der Waals surface area contributed by atoms with Gasteiger partial charge < -0.3 is 27.9 Å². The van der Waals surface area contributed by atoms with Crippen LogP contribution in [0.4, 0.5) is 0 Å². The van der Waals surface area contributed by atoms with E-state index in [1.165, 1.54) is 83.5 Å². The number of rotatable bonds is 25. The number of ether oxygens (including phenoxy) is 2. The minimum absolute atomic E-state index is 0.00906. The van der Waals surface area contributed by atoms with Crippen LogP contribution >= 0.6 is 7.60 Å². The number of unbranched alkanes of at least 4 members (excludes halogenated alkanes) is 13. The Hall–Kier alpha value is 0.0300. The van der Waals surface area contributed by atoms with E-state index in [1.54, 1.807) is 7.11 Å². The second-order valence-corrected chi connectivity index (χ2v) is 12.4. The summed E-state index contributed by atoms with van der Waals surface area (Å²) in [7, 11) is 3.82. The number of likely N-dealkylation sites (N-methyl/N-ethyl adjacent to an activating group) is 1. The van der Waals surface area contributed by atoms with Crippen LogP contribution < -0.4 is 4.89 Å². The fourth-order valence-corrected chi connectivity index (χ4v) is 4.80. The normalized spacial score (nSPS) is 15.0. The summed E-state index contributed by atoms with van der Waals surface area (Å²) in [6, 6.07) is 0. The van der Waals surface area contributed by atoms with Crippen molar-refractivity contribution in [3.8, 4) is 0 Å². The van der Waals surface area contributed by atoms with Gasteiger partial charge in [0.05, 0.1) is 33.9 Å². The zero-order valence-corrected chi connectivity index (χ0v) is 23.5. The molecule has 33 heavy (non-hydrogen) atoms. The zero-order chi connectivity index (χ0) is 24.8. The molecule has 0 saturated heterocycles. The monoisotopic (exact) mass is 493 g/mol. The maximum absolute atomic E-state index is 12.1. The SMILES string of the molecule is CCCCCCCCCCCCCCCCOC[C@H](CCP(=O)([O-])OCC[N+](C)(C)C)OC. The smallest absolute Gasteiger partial charge is 0.135 e. The highest BCUT2D eigenvalue weighted by Crippen LogP contribution is 2.38. The molecule has 0 heterocycles. The Morgan fingerprint density at radius 1 is 0.788 bits per heavy atom. The van der Waals surface area contributed by atoms with E-state index in [2.05, 4.69) is 6.92 Å². The molecule has 0 radical (unpaired) electrons. The van der Waals surface area contributed by atoms with E-state index in [1.807, 2.05) is 21.1 Å². The molecule has 0 aliphatic heterocycles. The van der Waals surface area contributed by atoms with Crippen LogP contribution in [0.5, 0.6) is 0 Å². The Kier molecular flexibility index (Phi) is 21.3. The van der Waals surface area contributed by atoms with Crippen molar-refractivity contribution in [2.75, 3.05) is 60.8 Å². The van der Waals surface area contributed by atoms with Crippen LogP contribution in [-0.4, -0.2) is 71.4 Å². The minimum Gasteiger partial charge on any atom is -0.778 e. The third kappa shape index (κ3) is 24.9. The van der Waals surface area contributed by atoms with Crippen LogP contribution in [0.2, 0.25) is 0 Å². The highest BCUT2D eigenvalue weighted by molar-refractivity contribution is 7.51. The van der Waals surface area contributed by atoms with Gasteiger partial charge in [0.2, 0.25) is 0 Å². The van der Waals surface area contributed by atoms with Gasteiger partial charge in [-0.05, 0) is 12.8 Å². The summed E-state index contributed by atoms with van der Waals surface area (Å²) < 4.78 is 29.0. The van der Waals surface area contributed by atoms with Crippen molar-refractivity contribution >= 4 is 7.60 Å². The van der Waals surface area contributed by atoms with Crippen LogP contribution in [-0.2, 0) is 18.6 Å². The molecular formula is C26H56NO5P. The Bertz CT molecular complexity index is 470. The van der Waals surface area contributed by atoms with Gasteiger partial charge in [0.25, 0.3) is 0 Å². The number of hydrogen-bond acceptors (Lipinski definition) is 5.